The molecular weight excluding hydrogens is 411 g/mol. The van der Waals surface area contributed by atoms with Gasteiger partial charge in [0.05, 0.1) is 4.90 Å². The van der Waals surface area contributed by atoms with Crippen molar-refractivity contribution in [1.29, 1.82) is 0 Å². The quantitative estimate of drug-likeness (QED) is 0.649. The van der Waals surface area contributed by atoms with E-state index in [-0.39, 0.29) is 10.8 Å². The summed E-state index contributed by atoms with van der Waals surface area (Å²) in [6.07, 6.45) is -0.314. The Labute approximate surface area is 175 Å². The lowest BCUT2D eigenvalue weighted by Gasteiger charge is -2.30. The average Bonchev–Trinajstić information content (AvgIpc) is 2.72. The van der Waals surface area contributed by atoms with Crippen LogP contribution < -0.4 is 0 Å². The summed E-state index contributed by atoms with van der Waals surface area (Å²) < 4.78 is 44.0. The molecule has 1 aliphatic rings. The molecule has 0 aliphatic carbocycles. The first-order valence-corrected chi connectivity index (χ1v) is 10.9. The third-order valence-corrected chi connectivity index (χ3v) is 6.79. The highest BCUT2D eigenvalue weighted by Gasteiger charge is 2.29. The zero-order valence-electron chi connectivity index (χ0n) is 16.7. The molecule has 0 bridgehead atoms. The summed E-state index contributed by atoms with van der Waals surface area (Å²) in [7, 11) is -2.77. The number of nitrogens with zero attached hydrogens (tertiary/aromatic N) is 2. The summed E-state index contributed by atoms with van der Waals surface area (Å²) >= 11 is 0. The molecule has 1 amide bonds. The maximum Gasteiger partial charge on any atom is 0.322 e. The first-order chi connectivity index (χ1) is 14.2. The minimum Gasteiger partial charge on any atom is -0.452 e. The monoisotopic (exact) mass is 434 g/mol. The Morgan fingerprint density at radius 3 is 2.43 bits per heavy atom. The van der Waals surface area contributed by atoms with Gasteiger partial charge in [-0.25, -0.2) is 12.8 Å². The summed E-state index contributed by atoms with van der Waals surface area (Å²) in [5.74, 6) is -1.74. The smallest absolute Gasteiger partial charge is 0.322 e. The van der Waals surface area contributed by atoms with Gasteiger partial charge in [0.2, 0.25) is 10.0 Å². The maximum absolute atomic E-state index is 13.0. The third kappa shape index (κ3) is 4.85. The SMILES string of the molecule is CC(OC(=O)CN(C)S(=O)(=O)c1ccc(F)cc1)C(=O)N1CCc2ccccc2C1. The van der Waals surface area contributed by atoms with Gasteiger partial charge in [0.1, 0.15) is 12.4 Å². The van der Waals surface area contributed by atoms with Gasteiger partial charge in [0, 0.05) is 20.1 Å². The van der Waals surface area contributed by atoms with Gasteiger partial charge >= 0.3 is 5.97 Å². The lowest BCUT2D eigenvalue weighted by molar-refractivity contribution is -0.159. The van der Waals surface area contributed by atoms with Crippen LogP contribution in [0.25, 0.3) is 0 Å². The number of fused-ring (bicyclic) bond motifs is 1. The summed E-state index contributed by atoms with van der Waals surface area (Å²) in [5, 5.41) is 0. The molecule has 0 N–H and O–H groups in total. The van der Waals surface area contributed by atoms with Gasteiger partial charge in [0.15, 0.2) is 6.10 Å². The third-order valence-electron chi connectivity index (χ3n) is 4.97. The van der Waals surface area contributed by atoms with Crippen molar-refractivity contribution in [3.63, 3.8) is 0 Å². The Morgan fingerprint density at radius 2 is 1.77 bits per heavy atom. The Balaban J connectivity index is 1.57. The van der Waals surface area contributed by atoms with E-state index in [1.807, 2.05) is 24.3 Å². The van der Waals surface area contributed by atoms with Crippen molar-refractivity contribution in [2.45, 2.75) is 30.9 Å². The van der Waals surface area contributed by atoms with Crippen LogP contribution in [-0.2, 0) is 37.3 Å². The molecule has 0 radical (unpaired) electrons. The molecule has 1 atom stereocenters. The van der Waals surface area contributed by atoms with Crippen molar-refractivity contribution in [2.24, 2.45) is 0 Å². The molecule has 1 unspecified atom stereocenters. The Bertz CT molecular complexity index is 1040. The Hall–Kier alpha value is -2.78. The zero-order valence-corrected chi connectivity index (χ0v) is 17.6. The summed E-state index contributed by atoms with van der Waals surface area (Å²) in [5.41, 5.74) is 2.25. The molecule has 3 rings (SSSR count). The molecule has 0 saturated carbocycles. The minimum absolute atomic E-state index is 0.143. The number of benzene rings is 2. The van der Waals surface area contributed by atoms with E-state index in [0.29, 0.717) is 13.1 Å². The molecule has 9 heteroatoms. The Kier molecular flexibility index (Phi) is 6.52. The van der Waals surface area contributed by atoms with Crippen LogP contribution in [0.5, 0.6) is 0 Å². The fourth-order valence-electron chi connectivity index (χ4n) is 3.28. The van der Waals surface area contributed by atoms with E-state index in [4.69, 9.17) is 4.74 Å². The number of amides is 1. The van der Waals surface area contributed by atoms with Gasteiger partial charge in [-0.2, -0.15) is 4.31 Å². The summed E-state index contributed by atoms with van der Waals surface area (Å²) in [6.45, 7) is 1.86. The van der Waals surface area contributed by atoms with E-state index in [2.05, 4.69) is 0 Å². The molecule has 2 aromatic rings. The van der Waals surface area contributed by atoms with Crippen LogP contribution in [0.3, 0.4) is 0 Å². The highest BCUT2D eigenvalue weighted by Crippen LogP contribution is 2.20. The number of halogens is 1. The number of likely N-dealkylation sites (N-methyl/N-ethyl adjacent to an activating group) is 1. The predicted molar refractivity (Wildman–Crippen MR) is 107 cm³/mol. The molecule has 0 saturated heterocycles. The summed E-state index contributed by atoms with van der Waals surface area (Å²) in [6, 6.07) is 12.1. The van der Waals surface area contributed by atoms with Gasteiger partial charge in [-0.3, -0.25) is 9.59 Å². The van der Waals surface area contributed by atoms with Gasteiger partial charge in [-0.05, 0) is 48.7 Å². The molecule has 7 nitrogen and oxygen atoms in total. The van der Waals surface area contributed by atoms with E-state index in [1.54, 1.807) is 4.90 Å². The molecule has 1 aliphatic heterocycles. The van der Waals surface area contributed by atoms with Gasteiger partial charge in [-0.15, -0.1) is 0 Å². The summed E-state index contributed by atoms with van der Waals surface area (Å²) in [4.78, 5) is 26.4. The van der Waals surface area contributed by atoms with Crippen molar-refractivity contribution in [1.82, 2.24) is 9.21 Å². The normalized spacial score (nSPS) is 14.9. The topological polar surface area (TPSA) is 84.0 Å². The van der Waals surface area contributed by atoms with Crippen LogP contribution in [-0.4, -0.2) is 55.7 Å². The first-order valence-electron chi connectivity index (χ1n) is 9.45. The van der Waals surface area contributed by atoms with E-state index in [9.17, 15) is 22.4 Å². The number of hydrogen-bond donors (Lipinski definition) is 0. The Morgan fingerprint density at radius 1 is 1.13 bits per heavy atom. The van der Waals surface area contributed by atoms with Gasteiger partial charge in [-0.1, -0.05) is 24.3 Å². The molecule has 0 fully saturated rings. The van der Waals surface area contributed by atoms with Crippen molar-refractivity contribution in [3.8, 4) is 0 Å². The van der Waals surface area contributed by atoms with Crippen LogP contribution >= 0.6 is 0 Å². The molecule has 30 heavy (non-hydrogen) atoms. The van der Waals surface area contributed by atoms with Gasteiger partial charge < -0.3 is 9.64 Å². The van der Waals surface area contributed by atoms with Crippen LogP contribution in [0.4, 0.5) is 4.39 Å². The fourth-order valence-corrected chi connectivity index (χ4v) is 4.39. The number of carbonyl (C=O) groups is 2. The van der Waals surface area contributed by atoms with Crippen molar-refractivity contribution >= 4 is 21.9 Å². The molecule has 1 heterocycles. The van der Waals surface area contributed by atoms with E-state index in [1.165, 1.54) is 19.5 Å². The number of sulfonamides is 1. The van der Waals surface area contributed by atoms with Crippen LogP contribution in [0, 0.1) is 5.82 Å². The van der Waals surface area contributed by atoms with Crippen molar-refractivity contribution < 1.29 is 27.1 Å². The number of rotatable bonds is 6. The second-order valence-corrected chi connectivity index (χ2v) is 9.17. The zero-order chi connectivity index (χ0) is 21.9. The highest BCUT2D eigenvalue weighted by atomic mass is 32.2. The second-order valence-electron chi connectivity index (χ2n) is 7.13. The van der Waals surface area contributed by atoms with Crippen molar-refractivity contribution in [3.05, 3.63) is 65.5 Å². The van der Waals surface area contributed by atoms with Crippen LogP contribution in [0.1, 0.15) is 18.1 Å². The predicted octanol–water partition coefficient (Wildman–Crippen LogP) is 1.96. The van der Waals surface area contributed by atoms with E-state index in [0.717, 1.165) is 40.6 Å². The molecule has 0 aromatic heterocycles. The average molecular weight is 434 g/mol. The molecule has 0 spiro atoms. The molecule has 2 aromatic carbocycles. The van der Waals surface area contributed by atoms with E-state index < -0.39 is 34.5 Å². The standard InChI is InChI=1S/C21H23FN2O5S/c1-15(21(26)24-12-11-16-5-3-4-6-17(16)13-24)29-20(25)14-23(2)30(27,28)19-9-7-18(22)8-10-19/h3-10,15H,11-14H2,1-2H3. The number of hydrogen-bond acceptors (Lipinski definition) is 5. The number of ether oxygens (including phenoxy) is 1. The van der Waals surface area contributed by atoms with E-state index >= 15 is 0 Å². The lowest BCUT2D eigenvalue weighted by Crippen LogP contribution is -2.43. The number of carbonyl (C=O) groups excluding carboxylic acids is 2. The number of esters is 1. The fraction of sp³-hybridized carbons (Fsp3) is 0.333. The maximum atomic E-state index is 13.0. The highest BCUT2D eigenvalue weighted by molar-refractivity contribution is 7.89. The molecule has 160 valence electrons. The largest absolute Gasteiger partial charge is 0.452 e. The second kappa shape index (κ2) is 8.93. The minimum atomic E-state index is -3.99. The lowest BCUT2D eigenvalue weighted by atomic mass is 9.99. The molecular formula is C21H23FN2O5S. The van der Waals surface area contributed by atoms with Crippen LogP contribution in [0.15, 0.2) is 53.4 Å². The first kappa shape index (κ1) is 21.9. The van der Waals surface area contributed by atoms with Gasteiger partial charge in [0.25, 0.3) is 5.91 Å². The van der Waals surface area contributed by atoms with Crippen molar-refractivity contribution in [2.75, 3.05) is 20.1 Å². The van der Waals surface area contributed by atoms with Crippen LogP contribution in [0.2, 0.25) is 0 Å².